The fourth-order valence-corrected chi connectivity index (χ4v) is 1.76. The molecule has 1 rings (SSSR count). The van der Waals surface area contributed by atoms with Crippen LogP contribution in [0.25, 0.3) is 0 Å². The highest BCUT2D eigenvalue weighted by Crippen LogP contribution is 2.25. The third-order valence-corrected chi connectivity index (χ3v) is 2.90. The largest absolute Gasteiger partial charge is 0.271 e. The Morgan fingerprint density at radius 3 is 2.43 bits per heavy atom. The number of rotatable bonds is 5. The summed E-state index contributed by atoms with van der Waals surface area (Å²) in [6.07, 6.45) is 1.18. The van der Waals surface area contributed by atoms with E-state index in [1.807, 2.05) is 6.07 Å². The number of nitrogens with two attached hydrogens (primary N) is 1. The molecule has 1 aromatic carbocycles. The molecule has 0 fully saturated rings. The third-order valence-electron chi connectivity index (χ3n) is 2.90. The van der Waals surface area contributed by atoms with Crippen molar-refractivity contribution in [3.8, 4) is 0 Å². The number of hydrogen-bond acceptors (Lipinski definition) is 2. The molecule has 0 aromatic heterocycles. The Morgan fingerprint density at radius 1 is 1.29 bits per heavy atom. The van der Waals surface area contributed by atoms with Crippen LogP contribution in [0.5, 0.6) is 0 Å². The van der Waals surface area contributed by atoms with Crippen LogP contribution in [-0.2, 0) is 0 Å². The maximum absolute atomic E-state index is 5.41. The van der Waals surface area contributed by atoms with Gasteiger partial charge < -0.3 is 0 Å². The van der Waals surface area contributed by atoms with Gasteiger partial charge in [-0.25, -0.2) is 0 Å². The van der Waals surface area contributed by atoms with E-state index in [1.54, 1.807) is 0 Å². The fourth-order valence-electron chi connectivity index (χ4n) is 1.76. The quantitative estimate of drug-likeness (QED) is 0.555. The molecule has 78 valence electrons. The zero-order valence-electron chi connectivity index (χ0n) is 9.03. The molecule has 2 nitrogen and oxygen atoms in total. The van der Waals surface area contributed by atoms with Crippen LogP contribution in [0.1, 0.15) is 31.7 Å². The maximum atomic E-state index is 5.41. The molecule has 0 amide bonds. The Bertz CT molecular complexity index is 246. The Hall–Kier alpha value is -0.860. The van der Waals surface area contributed by atoms with E-state index in [0.717, 1.165) is 6.54 Å². The van der Waals surface area contributed by atoms with Gasteiger partial charge in [0.2, 0.25) is 0 Å². The third kappa shape index (κ3) is 2.82. The van der Waals surface area contributed by atoms with Crippen LogP contribution < -0.4 is 11.3 Å². The molecular weight excluding hydrogens is 172 g/mol. The molecule has 0 heterocycles. The molecular formula is C12H20N2. The van der Waals surface area contributed by atoms with Gasteiger partial charge in [-0.15, -0.1) is 0 Å². The zero-order chi connectivity index (χ0) is 10.4. The molecule has 1 aromatic rings. The normalized spacial score (nSPS) is 15.1. The first kappa shape index (κ1) is 11.2. The minimum atomic E-state index is 0.520. The lowest BCUT2D eigenvalue weighted by molar-refractivity contribution is 0.424. The summed E-state index contributed by atoms with van der Waals surface area (Å²) in [5, 5.41) is 0. The van der Waals surface area contributed by atoms with Crippen LogP contribution in [0.3, 0.4) is 0 Å². The molecule has 14 heavy (non-hydrogen) atoms. The van der Waals surface area contributed by atoms with E-state index < -0.39 is 0 Å². The van der Waals surface area contributed by atoms with E-state index in [4.69, 9.17) is 5.84 Å². The van der Waals surface area contributed by atoms with Gasteiger partial charge in [0.1, 0.15) is 0 Å². The van der Waals surface area contributed by atoms with E-state index in [1.165, 1.54) is 12.0 Å². The highest BCUT2D eigenvalue weighted by molar-refractivity contribution is 5.20. The lowest BCUT2D eigenvalue weighted by atomic mass is 9.86. The van der Waals surface area contributed by atoms with Crippen molar-refractivity contribution in [2.45, 2.75) is 26.2 Å². The molecule has 0 aliphatic rings. The SMILES string of the molecule is CCC(C)C(CNN)c1ccccc1. The van der Waals surface area contributed by atoms with Crippen LogP contribution >= 0.6 is 0 Å². The molecule has 2 heteroatoms. The summed E-state index contributed by atoms with van der Waals surface area (Å²) < 4.78 is 0. The average molecular weight is 192 g/mol. The summed E-state index contributed by atoms with van der Waals surface area (Å²) in [7, 11) is 0. The molecule has 0 aliphatic heterocycles. The van der Waals surface area contributed by atoms with Gasteiger partial charge in [0, 0.05) is 12.5 Å². The summed E-state index contributed by atoms with van der Waals surface area (Å²) in [4.78, 5) is 0. The first-order valence-corrected chi connectivity index (χ1v) is 5.28. The molecule has 2 atom stereocenters. The Morgan fingerprint density at radius 2 is 1.93 bits per heavy atom. The average Bonchev–Trinajstić information content (AvgIpc) is 2.26. The van der Waals surface area contributed by atoms with Crippen LogP contribution in [0.15, 0.2) is 30.3 Å². The van der Waals surface area contributed by atoms with Gasteiger partial charge in [0.05, 0.1) is 0 Å². The number of benzene rings is 1. The second-order valence-electron chi connectivity index (χ2n) is 3.81. The highest BCUT2D eigenvalue weighted by atomic mass is 15.2. The van der Waals surface area contributed by atoms with E-state index in [0.29, 0.717) is 11.8 Å². The molecule has 0 saturated carbocycles. The predicted molar refractivity (Wildman–Crippen MR) is 60.8 cm³/mol. The summed E-state index contributed by atoms with van der Waals surface area (Å²) >= 11 is 0. The van der Waals surface area contributed by atoms with E-state index in [-0.39, 0.29) is 0 Å². The molecule has 0 bridgehead atoms. The monoisotopic (exact) mass is 192 g/mol. The zero-order valence-corrected chi connectivity index (χ0v) is 9.03. The lowest BCUT2D eigenvalue weighted by Gasteiger charge is -2.22. The van der Waals surface area contributed by atoms with Crippen LogP contribution in [0, 0.1) is 5.92 Å². The molecule has 0 spiro atoms. The second kappa shape index (κ2) is 5.78. The van der Waals surface area contributed by atoms with Crippen molar-refractivity contribution in [1.82, 2.24) is 5.43 Å². The number of hydrazine groups is 1. The van der Waals surface area contributed by atoms with Gasteiger partial charge in [-0.1, -0.05) is 50.6 Å². The van der Waals surface area contributed by atoms with Crippen molar-refractivity contribution in [3.05, 3.63) is 35.9 Å². The molecule has 0 radical (unpaired) electrons. The molecule has 0 aliphatic carbocycles. The summed E-state index contributed by atoms with van der Waals surface area (Å²) in [6.45, 7) is 5.34. The van der Waals surface area contributed by atoms with Gasteiger partial charge in [-0.05, 0) is 11.5 Å². The first-order chi connectivity index (χ1) is 6.79. The Labute approximate surface area is 86.5 Å². The van der Waals surface area contributed by atoms with Crippen molar-refractivity contribution in [2.75, 3.05) is 6.54 Å². The van der Waals surface area contributed by atoms with Crippen LogP contribution in [0.2, 0.25) is 0 Å². The molecule has 0 saturated heterocycles. The predicted octanol–water partition coefficient (Wildman–Crippen LogP) is 2.28. The van der Waals surface area contributed by atoms with Gasteiger partial charge in [0.15, 0.2) is 0 Å². The number of hydrogen-bond donors (Lipinski definition) is 2. The van der Waals surface area contributed by atoms with Crippen molar-refractivity contribution >= 4 is 0 Å². The van der Waals surface area contributed by atoms with Crippen molar-refractivity contribution in [1.29, 1.82) is 0 Å². The van der Waals surface area contributed by atoms with Crippen molar-refractivity contribution < 1.29 is 0 Å². The summed E-state index contributed by atoms with van der Waals surface area (Å²) in [5.74, 6) is 6.59. The van der Waals surface area contributed by atoms with Crippen molar-refractivity contribution in [3.63, 3.8) is 0 Å². The summed E-state index contributed by atoms with van der Waals surface area (Å²) in [5.41, 5.74) is 4.16. The van der Waals surface area contributed by atoms with Gasteiger partial charge >= 0.3 is 0 Å². The lowest BCUT2D eigenvalue weighted by Crippen LogP contribution is -2.30. The number of nitrogens with one attached hydrogen (secondary N) is 1. The van der Waals surface area contributed by atoms with E-state index in [2.05, 4.69) is 43.5 Å². The first-order valence-electron chi connectivity index (χ1n) is 5.28. The standard InChI is InChI=1S/C12H20N2/c1-3-10(2)12(9-14-13)11-7-5-4-6-8-11/h4-8,10,12,14H,3,9,13H2,1-2H3. The minimum absolute atomic E-state index is 0.520. The smallest absolute Gasteiger partial charge is 0.0169 e. The maximum Gasteiger partial charge on any atom is 0.0169 e. The minimum Gasteiger partial charge on any atom is -0.271 e. The van der Waals surface area contributed by atoms with Gasteiger partial charge in [-0.2, -0.15) is 0 Å². The fraction of sp³-hybridized carbons (Fsp3) is 0.500. The second-order valence-corrected chi connectivity index (χ2v) is 3.81. The highest BCUT2D eigenvalue weighted by Gasteiger charge is 2.16. The van der Waals surface area contributed by atoms with E-state index in [9.17, 15) is 0 Å². The van der Waals surface area contributed by atoms with Gasteiger partial charge in [-0.3, -0.25) is 11.3 Å². The van der Waals surface area contributed by atoms with Crippen LogP contribution in [0.4, 0.5) is 0 Å². The molecule has 3 N–H and O–H groups in total. The van der Waals surface area contributed by atoms with Crippen molar-refractivity contribution in [2.24, 2.45) is 11.8 Å². The van der Waals surface area contributed by atoms with E-state index >= 15 is 0 Å². The van der Waals surface area contributed by atoms with Gasteiger partial charge in [0.25, 0.3) is 0 Å². The Balaban J connectivity index is 2.77. The Kier molecular flexibility index (Phi) is 4.63. The summed E-state index contributed by atoms with van der Waals surface area (Å²) in [6, 6.07) is 10.6. The topological polar surface area (TPSA) is 38.0 Å². The molecule has 2 unspecified atom stereocenters. The van der Waals surface area contributed by atoms with Crippen LogP contribution in [-0.4, -0.2) is 6.54 Å².